The van der Waals surface area contributed by atoms with Crippen molar-refractivity contribution >= 4 is 23.3 Å². The van der Waals surface area contributed by atoms with Crippen LogP contribution >= 0.6 is 12.2 Å². The number of pyridine rings is 1. The van der Waals surface area contributed by atoms with Crippen LogP contribution in [0.2, 0.25) is 0 Å². The van der Waals surface area contributed by atoms with Crippen LogP contribution in [0.5, 0.6) is 5.75 Å². The van der Waals surface area contributed by atoms with Gasteiger partial charge in [-0.1, -0.05) is 6.07 Å². The third-order valence-corrected chi connectivity index (χ3v) is 6.45. The topological polar surface area (TPSA) is 68.6 Å². The van der Waals surface area contributed by atoms with Crippen molar-refractivity contribution in [3.63, 3.8) is 0 Å². The number of hydrogen-bond acceptors (Lipinski definition) is 5. The zero-order chi connectivity index (χ0) is 23.5. The third-order valence-electron chi connectivity index (χ3n) is 6.10. The lowest BCUT2D eigenvalue weighted by Crippen LogP contribution is -2.32. The van der Waals surface area contributed by atoms with Crippen LogP contribution < -0.4 is 10.1 Å². The second kappa shape index (κ2) is 9.62. The Labute approximate surface area is 199 Å². The van der Waals surface area contributed by atoms with E-state index in [2.05, 4.69) is 39.7 Å². The molecule has 1 N–H and O–H groups in total. The molecule has 2 atom stereocenters. The van der Waals surface area contributed by atoms with Crippen LogP contribution in [-0.4, -0.2) is 46.3 Å². The molecule has 172 valence electrons. The van der Waals surface area contributed by atoms with Gasteiger partial charge in [0, 0.05) is 29.8 Å². The summed E-state index contributed by atoms with van der Waals surface area (Å²) < 4.78 is 12.4. The molecule has 0 unspecified atom stereocenters. The molecule has 0 spiro atoms. The van der Waals surface area contributed by atoms with Gasteiger partial charge in [-0.2, -0.15) is 0 Å². The van der Waals surface area contributed by atoms with Crippen molar-refractivity contribution in [1.82, 2.24) is 19.8 Å². The summed E-state index contributed by atoms with van der Waals surface area (Å²) in [5, 5.41) is 4.04. The molecule has 0 saturated carbocycles. The summed E-state index contributed by atoms with van der Waals surface area (Å²) in [5.74, 6) is 0.553. The number of nitrogens with zero attached hydrogens (tertiary/aromatic N) is 3. The number of nitrogens with one attached hydrogen (secondary N) is 1. The quantitative estimate of drug-likeness (QED) is 0.418. The number of carbonyl (C=O) groups excluding carboxylic acids is 1. The Morgan fingerprint density at radius 3 is 2.55 bits per heavy atom. The molecule has 1 aliphatic rings. The van der Waals surface area contributed by atoms with Gasteiger partial charge in [0.25, 0.3) is 0 Å². The van der Waals surface area contributed by atoms with Crippen molar-refractivity contribution < 1.29 is 14.3 Å². The Morgan fingerprint density at radius 2 is 1.91 bits per heavy atom. The van der Waals surface area contributed by atoms with Gasteiger partial charge < -0.3 is 24.3 Å². The summed E-state index contributed by atoms with van der Waals surface area (Å²) in [6.07, 6.45) is 2.04. The normalized spacial score (nSPS) is 17.7. The predicted molar refractivity (Wildman–Crippen MR) is 131 cm³/mol. The number of methoxy groups -OCH3 is 2. The van der Waals surface area contributed by atoms with Crippen LogP contribution in [0.4, 0.5) is 0 Å². The Kier molecular flexibility index (Phi) is 6.65. The maximum absolute atomic E-state index is 11.9. The van der Waals surface area contributed by atoms with E-state index < -0.39 is 0 Å². The predicted octanol–water partition coefficient (Wildman–Crippen LogP) is 4.03. The van der Waals surface area contributed by atoms with E-state index in [4.69, 9.17) is 21.7 Å². The van der Waals surface area contributed by atoms with E-state index in [1.54, 1.807) is 13.3 Å². The smallest absolute Gasteiger partial charge is 0.307 e. The van der Waals surface area contributed by atoms with Gasteiger partial charge in [-0.15, -0.1) is 0 Å². The number of rotatable bonds is 7. The highest BCUT2D eigenvalue weighted by Crippen LogP contribution is 2.41. The molecule has 3 heterocycles. The Hall–Kier alpha value is -3.39. The standard InChI is InChI=1S/C25H28N4O3S/c1-16-15-20(17(2)29(16)18-8-10-19(31-3)11-9-18)24-23(21-7-5-6-13-26-21)27-25(33)28(24)14-12-22(30)32-4/h5-11,13,15,23-24H,12,14H2,1-4H3,(H,27,33)/t23-,24-/m0/s1. The molecule has 1 aromatic carbocycles. The van der Waals surface area contributed by atoms with E-state index in [1.165, 1.54) is 7.11 Å². The van der Waals surface area contributed by atoms with Crippen molar-refractivity contribution in [2.75, 3.05) is 20.8 Å². The summed E-state index contributed by atoms with van der Waals surface area (Å²) >= 11 is 5.70. The van der Waals surface area contributed by atoms with Gasteiger partial charge in [-0.3, -0.25) is 9.78 Å². The maximum atomic E-state index is 11.9. The first-order valence-electron chi connectivity index (χ1n) is 10.8. The van der Waals surface area contributed by atoms with E-state index in [0.29, 0.717) is 11.7 Å². The number of benzene rings is 1. The van der Waals surface area contributed by atoms with Crippen LogP contribution in [0, 0.1) is 13.8 Å². The summed E-state index contributed by atoms with van der Waals surface area (Å²) in [5.41, 5.74) is 5.31. The average molecular weight is 465 g/mol. The van der Waals surface area contributed by atoms with Gasteiger partial charge in [0.05, 0.1) is 38.4 Å². The lowest BCUT2D eigenvalue weighted by atomic mass is 9.96. The van der Waals surface area contributed by atoms with Gasteiger partial charge in [-0.05, 0) is 74.1 Å². The zero-order valence-corrected chi connectivity index (χ0v) is 20.1. The summed E-state index contributed by atoms with van der Waals surface area (Å²) in [6, 6.07) is 15.8. The zero-order valence-electron chi connectivity index (χ0n) is 19.2. The Bertz CT molecular complexity index is 1140. The minimum atomic E-state index is -0.262. The van der Waals surface area contributed by atoms with Gasteiger partial charge in [0.2, 0.25) is 0 Å². The second-order valence-corrected chi connectivity index (χ2v) is 8.39. The minimum Gasteiger partial charge on any atom is -0.497 e. The van der Waals surface area contributed by atoms with E-state index in [0.717, 1.165) is 34.1 Å². The Morgan fingerprint density at radius 1 is 1.15 bits per heavy atom. The molecule has 1 aliphatic heterocycles. The van der Waals surface area contributed by atoms with Crippen molar-refractivity contribution in [2.24, 2.45) is 0 Å². The number of aromatic nitrogens is 2. The number of thiocarbonyl (C=S) groups is 1. The first kappa shape index (κ1) is 22.8. The second-order valence-electron chi connectivity index (χ2n) is 8.01. The highest BCUT2D eigenvalue weighted by Gasteiger charge is 2.41. The molecule has 2 aromatic heterocycles. The van der Waals surface area contributed by atoms with Gasteiger partial charge in [0.1, 0.15) is 5.75 Å². The van der Waals surface area contributed by atoms with E-state index in [1.807, 2.05) is 42.5 Å². The first-order valence-corrected chi connectivity index (χ1v) is 11.2. The molecule has 33 heavy (non-hydrogen) atoms. The van der Waals surface area contributed by atoms with Crippen LogP contribution in [0.15, 0.2) is 54.7 Å². The highest BCUT2D eigenvalue weighted by molar-refractivity contribution is 7.80. The number of ether oxygens (including phenoxy) is 2. The summed E-state index contributed by atoms with van der Waals surface area (Å²) in [4.78, 5) is 18.6. The monoisotopic (exact) mass is 464 g/mol. The van der Waals surface area contributed by atoms with Gasteiger partial charge in [0.15, 0.2) is 5.11 Å². The van der Waals surface area contributed by atoms with Gasteiger partial charge >= 0.3 is 5.97 Å². The first-order chi connectivity index (χ1) is 15.9. The summed E-state index contributed by atoms with van der Waals surface area (Å²) in [7, 11) is 3.06. The van der Waals surface area contributed by atoms with E-state index >= 15 is 0 Å². The highest BCUT2D eigenvalue weighted by atomic mass is 32.1. The molecule has 0 radical (unpaired) electrons. The molecule has 3 aromatic rings. The molecule has 1 fully saturated rings. The minimum absolute atomic E-state index is 0.116. The van der Waals surface area contributed by atoms with Crippen LogP contribution in [-0.2, 0) is 9.53 Å². The van der Waals surface area contributed by atoms with Crippen molar-refractivity contribution in [2.45, 2.75) is 32.4 Å². The number of carbonyl (C=O) groups is 1. The molecule has 0 aliphatic carbocycles. The van der Waals surface area contributed by atoms with Crippen LogP contribution in [0.3, 0.4) is 0 Å². The number of aryl methyl sites for hydroxylation is 1. The number of hydrogen-bond donors (Lipinski definition) is 1. The van der Waals surface area contributed by atoms with Crippen LogP contribution in [0.25, 0.3) is 5.69 Å². The molecule has 4 rings (SSSR count). The fourth-order valence-corrected chi connectivity index (χ4v) is 4.85. The van der Waals surface area contributed by atoms with E-state index in [9.17, 15) is 4.79 Å². The SMILES string of the molecule is COC(=O)CCN1C(=S)N[C@@H](c2ccccn2)[C@@H]1c1cc(C)n(-c2ccc(OC)cc2)c1C. The third kappa shape index (κ3) is 4.43. The van der Waals surface area contributed by atoms with Gasteiger partial charge in [-0.25, -0.2) is 0 Å². The molecule has 8 heteroatoms. The number of esters is 1. The molecule has 0 amide bonds. The molecule has 7 nitrogen and oxygen atoms in total. The fourth-order valence-electron chi connectivity index (χ4n) is 4.51. The molecular weight excluding hydrogens is 436 g/mol. The average Bonchev–Trinajstić information content (AvgIpc) is 3.32. The van der Waals surface area contributed by atoms with Crippen molar-refractivity contribution in [1.29, 1.82) is 0 Å². The van der Waals surface area contributed by atoms with Crippen molar-refractivity contribution in [3.8, 4) is 11.4 Å². The fraction of sp³-hybridized carbons (Fsp3) is 0.320. The molecule has 0 bridgehead atoms. The van der Waals surface area contributed by atoms with Crippen molar-refractivity contribution in [3.05, 3.63) is 77.4 Å². The largest absolute Gasteiger partial charge is 0.497 e. The molecular formula is C25H28N4O3S. The lowest BCUT2D eigenvalue weighted by Gasteiger charge is -2.28. The van der Waals surface area contributed by atoms with E-state index in [-0.39, 0.29) is 24.5 Å². The maximum Gasteiger partial charge on any atom is 0.307 e. The Balaban J connectivity index is 1.77. The van der Waals surface area contributed by atoms with Crippen LogP contribution in [0.1, 0.15) is 41.1 Å². The lowest BCUT2D eigenvalue weighted by molar-refractivity contribution is -0.140. The molecule has 1 saturated heterocycles. The summed E-state index contributed by atoms with van der Waals surface area (Å²) in [6.45, 7) is 4.66.